The van der Waals surface area contributed by atoms with Gasteiger partial charge in [-0.3, -0.25) is 4.79 Å². The fraction of sp³-hybridized carbons (Fsp3) is 0.133. The lowest BCUT2D eigenvalue weighted by atomic mass is 10.1. The number of rotatable bonds is 4. The van der Waals surface area contributed by atoms with Crippen LogP contribution in [0.25, 0.3) is 0 Å². The molecule has 0 saturated heterocycles. The Balaban J connectivity index is 2.18. The third-order valence-electron chi connectivity index (χ3n) is 2.64. The van der Waals surface area contributed by atoms with Crippen molar-refractivity contribution in [3.63, 3.8) is 0 Å². The SMILES string of the molecule is CCNc1ccccc1C(=O)Nc1ccc(Cl)cc1. The maximum absolute atomic E-state index is 12.2. The minimum Gasteiger partial charge on any atom is -0.385 e. The molecule has 2 aromatic carbocycles. The molecule has 0 saturated carbocycles. The monoisotopic (exact) mass is 274 g/mol. The molecule has 0 bridgehead atoms. The number of carbonyl (C=O) groups is 1. The minimum absolute atomic E-state index is 0.140. The van der Waals surface area contributed by atoms with Crippen LogP contribution >= 0.6 is 11.6 Å². The number of halogens is 1. The van der Waals surface area contributed by atoms with Crippen molar-refractivity contribution < 1.29 is 4.79 Å². The van der Waals surface area contributed by atoms with Gasteiger partial charge in [0.1, 0.15) is 0 Å². The first-order valence-corrected chi connectivity index (χ1v) is 6.48. The number of benzene rings is 2. The molecule has 19 heavy (non-hydrogen) atoms. The summed E-state index contributed by atoms with van der Waals surface area (Å²) in [4.78, 5) is 12.2. The summed E-state index contributed by atoms with van der Waals surface area (Å²) in [6.07, 6.45) is 0. The highest BCUT2D eigenvalue weighted by Crippen LogP contribution is 2.18. The molecule has 0 unspecified atom stereocenters. The zero-order valence-electron chi connectivity index (χ0n) is 10.6. The number of nitrogens with one attached hydrogen (secondary N) is 2. The number of carbonyl (C=O) groups excluding carboxylic acids is 1. The molecule has 0 heterocycles. The van der Waals surface area contributed by atoms with Crippen molar-refractivity contribution in [1.29, 1.82) is 0 Å². The highest BCUT2D eigenvalue weighted by Gasteiger charge is 2.10. The van der Waals surface area contributed by atoms with Gasteiger partial charge in [0, 0.05) is 22.9 Å². The van der Waals surface area contributed by atoms with Gasteiger partial charge in [0.15, 0.2) is 0 Å². The second kappa shape index (κ2) is 6.25. The number of para-hydroxylation sites is 1. The fourth-order valence-corrected chi connectivity index (χ4v) is 1.88. The summed E-state index contributed by atoms with van der Waals surface area (Å²) in [5, 5.41) is 6.66. The first-order valence-electron chi connectivity index (χ1n) is 6.10. The van der Waals surface area contributed by atoms with Crippen molar-refractivity contribution in [3.05, 3.63) is 59.1 Å². The minimum atomic E-state index is -0.140. The van der Waals surface area contributed by atoms with Crippen LogP contribution in [0.1, 0.15) is 17.3 Å². The molecule has 0 aliphatic rings. The molecule has 0 aliphatic carbocycles. The highest BCUT2D eigenvalue weighted by molar-refractivity contribution is 6.30. The zero-order chi connectivity index (χ0) is 13.7. The predicted molar refractivity (Wildman–Crippen MR) is 80.0 cm³/mol. The molecule has 3 nitrogen and oxygen atoms in total. The van der Waals surface area contributed by atoms with E-state index in [2.05, 4.69) is 10.6 Å². The van der Waals surface area contributed by atoms with Gasteiger partial charge in [-0.15, -0.1) is 0 Å². The van der Waals surface area contributed by atoms with Crippen molar-refractivity contribution in [1.82, 2.24) is 0 Å². The molecule has 0 aliphatic heterocycles. The van der Waals surface area contributed by atoms with Gasteiger partial charge >= 0.3 is 0 Å². The van der Waals surface area contributed by atoms with E-state index in [1.54, 1.807) is 30.3 Å². The normalized spacial score (nSPS) is 10.0. The van der Waals surface area contributed by atoms with Crippen LogP contribution in [0.5, 0.6) is 0 Å². The summed E-state index contributed by atoms with van der Waals surface area (Å²) >= 11 is 5.81. The van der Waals surface area contributed by atoms with Crippen LogP contribution in [-0.4, -0.2) is 12.5 Å². The van der Waals surface area contributed by atoms with E-state index in [0.29, 0.717) is 10.6 Å². The van der Waals surface area contributed by atoms with Gasteiger partial charge in [-0.25, -0.2) is 0 Å². The van der Waals surface area contributed by atoms with Gasteiger partial charge in [-0.1, -0.05) is 23.7 Å². The Bertz CT molecular complexity index is 567. The lowest BCUT2D eigenvalue weighted by Gasteiger charge is -2.11. The topological polar surface area (TPSA) is 41.1 Å². The van der Waals surface area contributed by atoms with E-state index in [9.17, 15) is 4.79 Å². The van der Waals surface area contributed by atoms with E-state index < -0.39 is 0 Å². The summed E-state index contributed by atoms with van der Waals surface area (Å²) in [5.74, 6) is -0.140. The predicted octanol–water partition coefficient (Wildman–Crippen LogP) is 4.02. The molecule has 1 amide bonds. The first kappa shape index (κ1) is 13.4. The Morgan fingerprint density at radius 2 is 1.79 bits per heavy atom. The number of hydrogen-bond donors (Lipinski definition) is 2. The molecular formula is C15H15ClN2O. The summed E-state index contributed by atoms with van der Waals surface area (Å²) < 4.78 is 0. The standard InChI is InChI=1S/C15H15ClN2O/c1-2-17-14-6-4-3-5-13(14)15(19)18-12-9-7-11(16)8-10-12/h3-10,17H,2H2,1H3,(H,18,19). The number of anilines is 2. The molecule has 0 radical (unpaired) electrons. The Hall–Kier alpha value is -2.00. The van der Waals surface area contributed by atoms with E-state index in [1.165, 1.54) is 0 Å². The maximum Gasteiger partial charge on any atom is 0.257 e. The lowest BCUT2D eigenvalue weighted by Crippen LogP contribution is -2.14. The number of hydrogen-bond acceptors (Lipinski definition) is 2. The molecule has 2 N–H and O–H groups in total. The second-order valence-corrected chi connectivity index (χ2v) is 4.47. The average molecular weight is 275 g/mol. The van der Waals surface area contributed by atoms with Gasteiger partial charge in [-0.05, 0) is 43.3 Å². The Morgan fingerprint density at radius 3 is 2.47 bits per heavy atom. The van der Waals surface area contributed by atoms with Crippen molar-refractivity contribution >= 4 is 28.9 Å². The van der Waals surface area contributed by atoms with Crippen LogP contribution in [0.4, 0.5) is 11.4 Å². The van der Waals surface area contributed by atoms with Crippen molar-refractivity contribution in [2.45, 2.75) is 6.92 Å². The summed E-state index contributed by atoms with van der Waals surface area (Å²) in [6, 6.07) is 14.5. The van der Waals surface area contributed by atoms with Gasteiger partial charge in [0.05, 0.1) is 5.56 Å². The fourth-order valence-electron chi connectivity index (χ4n) is 1.76. The molecule has 98 valence electrons. The molecule has 0 aromatic heterocycles. The summed E-state index contributed by atoms with van der Waals surface area (Å²) in [6.45, 7) is 2.76. The first-order chi connectivity index (χ1) is 9.20. The van der Waals surface area contributed by atoms with Crippen LogP contribution in [0, 0.1) is 0 Å². The molecule has 2 aromatic rings. The maximum atomic E-state index is 12.2. The Labute approximate surface area is 117 Å². The van der Waals surface area contributed by atoms with E-state index in [4.69, 9.17) is 11.6 Å². The lowest BCUT2D eigenvalue weighted by molar-refractivity contribution is 0.102. The average Bonchev–Trinajstić information content (AvgIpc) is 2.42. The molecule has 4 heteroatoms. The summed E-state index contributed by atoms with van der Waals surface area (Å²) in [5.41, 5.74) is 2.18. The van der Waals surface area contributed by atoms with Gasteiger partial charge in [0.25, 0.3) is 5.91 Å². The summed E-state index contributed by atoms with van der Waals surface area (Å²) in [7, 11) is 0. The van der Waals surface area contributed by atoms with E-state index in [0.717, 1.165) is 17.9 Å². The van der Waals surface area contributed by atoms with Crippen molar-refractivity contribution in [2.75, 3.05) is 17.2 Å². The largest absolute Gasteiger partial charge is 0.385 e. The third-order valence-corrected chi connectivity index (χ3v) is 2.89. The van der Waals surface area contributed by atoms with Crippen LogP contribution in [-0.2, 0) is 0 Å². The highest BCUT2D eigenvalue weighted by atomic mass is 35.5. The smallest absolute Gasteiger partial charge is 0.257 e. The third kappa shape index (κ3) is 3.48. The van der Waals surface area contributed by atoms with Gasteiger partial charge in [-0.2, -0.15) is 0 Å². The van der Waals surface area contributed by atoms with Crippen LogP contribution in [0.2, 0.25) is 5.02 Å². The Morgan fingerprint density at radius 1 is 1.11 bits per heavy atom. The van der Waals surface area contributed by atoms with Crippen molar-refractivity contribution in [3.8, 4) is 0 Å². The second-order valence-electron chi connectivity index (χ2n) is 4.04. The molecule has 0 spiro atoms. The van der Waals surface area contributed by atoms with Crippen LogP contribution < -0.4 is 10.6 Å². The molecule has 0 fully saturated rings. The van der Waals surface area contributed by atoms with Crippen LogP contribution in [0.15, 0.2) is 48.5 Å². The van der Waals surface area contributed by atoms with E-state index >= 15 is 0 Å². The zero-order valence-corrected chi connectivity index (χ0v) is 11.4. The van der Waals surface area contributed by atoms with E-state index in [1.807, 2.05) is 25.1 Å². The van der Waals surface area contributed by atoms with E-state index in [-0.39, 0.29) is 5.91 Å². The van der Waals surface area contributed by atoms with Crippen molar-refractivity contribution in [2.24, 2.45) is 0 Å². The molecule has 2 rings (SSSR count). The molecule has 0 atom stereocenters. The van der Waals surface area contributed by atoms with Gasteiger partial charge < -0.3 is 10.6 Å². The molecular weight excluding hydrogens is 260 g/mol. The Kier molecular flexibility index (Phi) is 4.42. The van der Waals surface area contributed by atoms with Crippen LogP contribution in [0.3, 0.4) is 0 Å². The number of amides is 1. The van der Waals surface area contributed by atoms with Gasteiger partial charge in [0.2, 0.25) is 0 Å². The quantitative estimate of drug-likeness (QED) is 0.884.